The van der Waals surface area contributed by atoms with Crippen LogP contribution < -0.4 is 0 Å². The second kappa shape index (κ2) is 5.74. The van der Waals surface area contributed by atoms with Crippen LogP contribution in [0.3, 0.4) is 0 Å². The fraction of sp³-hybridized carbons (Fsp3) is 0.900. The molecule has 1 unspecified atom stereocenters. The van der Waals surface area contributed by atoms with Crippen molar-refractivity contribution in [1.29, 1.82) is 0 Å². The van der Waals surface area contributed by atoms with Gasteiger partial charge in [-0.3, -0.25) is 4.79 Å². The molecule has 1 rings (SSSR count). The normalized spacial score (nSPS) is 38.2. The standard InChI is InChI=1S/C10H18O7/c1-4(2)9(14)16-3-5-6(11)7(12)8(13)10(15)17-5/h4-8,10-13,15H,3H2,1-2H3/t5-,6?,7+,8+,10+/m1/s1. The molecule has 1 saturated heterocycles. The minimum absolute atomic E-state index is 0.293. The second-order valence-corrected chi connectivity index (χ2v) is 4.32. The second-order valence-electron chi connectivity index (χ2n) is 4.32. The first-order chi connectivity index (χ1) is 7.84. The molecule has 1 aliphatic rings. The molecule has 0 spiro atoms. The third-order valence-corrected chi connectivity index (χ3v) is 2.55. The predicted molar refractivity (Wildman–Crippen MR) is 54.7 cm³/mol. The van der Waals surface area contributed by atoms with E-state index >= 15 is 0 Å². The SMILES string of the molecule is CC(C)C(=O)OC[C@H]1O[C@H](O)[C@@H](O)[C@@H](O)C1O. The molecule has 0 bridgehead atoms. The lowest BCUT2D eigenvalue weighted by atomic mass is 9.99. The number of carbonyl (C=O) groups is 1. The van der Waals surface area contributed by atoms with Crippen LogP contribution in [0.5, 0.6) is 0 Å². The molecule has 0 aliphatic carbocycles. The van der Waals surface area contributed by atoms with Gasteiger partial charge in [0.05, 0.1) is 5.92 Å². The zero-order chi connectivity index (χ0) is 13.2. The van der Waals surface area contributed by atoms with Gasteiger partial charge in [0.25, 0.3) is 0 Å². The van der Waals surface area contributed by atoms with Gasteiger partial charge in [-0.15, -0.1) is 0 Å². The molecule has 1 fully saturated rings. The zero-order valence-electron chi connectivity index (χ0n) is 9.68. The molecule has 0 radical (unpaired) electrons. The minimum atomic E-state index is -1.61. The Kier molecular flexibility index (Phi) is 4.84. The van der Waals surface area contributed by atoms with Crippen molar-refractivity contribution in [2.45, 2.75) is 44.6 Å². The number of hydrogen-bond acceptors (Lipinski definition) is 7. The molecule has 0 aromatic heterocycles. The van der Waals surface area contributed by atoms with Crippen LogP contribution in [0.2, 0.25) is 0 Å². The molecule has 100 valence electrons. The van der Waals surface area contributed by atoms with E-state index in [1.165, 1.54) is 0 Å². The van der Waals surface area contributed by atoms with E-state index in [1.807, 2.05) is 0 Å². The van der Waals surface area contributed by atoms with Gasteiger partial charge in [0.15, 0.2) is 6.29 Å². The summed E-state index contributed by atoms with van der Waals surface area (Å²) in [6, 6.07) is 0. The van der Waals surface area contributed by atoms with Crippen LogP contribution in [0.4, 0.5) is 0 Å². The molecule has 1 aliphatic heterocycles. The van der Waals surface area contributed by atoms with E-state index in [9.17, 15) is 25.2 Å². The first-order valence-corrected chi connectivity index (χ1v) is 5.39. The van der Waals surface area contributed by atoms with Crippen LogP contribution in [0.15, 0.2) is 0 Å². The fourth-order valence-electron chi connectivity index (χ4n) is 1.40. The molecule has 5 atom stereocenters. The molecule has 1 heterocycles. The molecule has 17 heavy (non-hydrogen) atoms. The lowest BCUT2D eigenvalue weighted by Crippen LogP contribution is -2.58. The Hall–Kier alpha value is -0.730. The van der Waals surface area contributed by atoms with Gasteiger partial charge in [-0.2, -0.15) is 0 Å². The third kappa shape index (κ3) is 3.36. The summed E-state index contributed by atoms with van der Waals surface area (Å²) in [5.74, 6) is -0.799. The average Bonchev–Trinajstić information content (AvgIpc) is 2.28. The minimum Gasteiger partial charge on any atom is -0.463 e. The quantitative estimate of drug-likeness (QED) is 0.427. The Morgan fingerprint density at radius 1 is 1.18 bits per heavy atom. The maximum Gasteiger partial charge on any atom is 0.308 e. The topological polar surface area (TPSA) is 116 Å². The zero-order valence-corrected chi connectivity index (χ0v) is 9.68. The van der Waals surface area contributed by atoms with Gasteiger partial charge in [-0.25, -0.2) is 0 Å². The Labute approximate surface area is 98.6 Å². The van der Waals surface area contributed by atoms with Crippen LogP contribution in [0, 0.1) is 5.92 Å². The van der Waals surface area contributed by atoms with E-state index in [1.54, 1.807) is 13.8 Å². The monoisotopic (exact) mass is 250 g/mol. The Bertz CT molecular complexity index is 267. The number of aliphatic hydroxyl groups is 4. The highest BCUT2D eigenvalue weighted by Crippen LogP contribution is 2.20. The van der Waals surface area contributed by atoms with Gasteiger partial charge in [-0.1, -0.05) is 13.8 Å². The summed E-state index contributed by atoms with van der Waals surface area (Å²) < 4.78 is 9.65. The van der Waals surface area contributed by atoms with Crippen LogP contribution in [0.1, 0.15) is 13.8 Å². The van der Waals surface area contributed by atoms with Gasteiger partial charge in [0, 0.05) is 0 Å². The summed E-state index contributed by atoms with van der Waals surface area (Å²) in [6.45, 7) is 3.00. The van der Waals surface area contributed by atoms with Gasteiger partial charge >= 0.3 is 5.97 Å². The third-order valence-electron chi connectivity index (χ3n) is 2.55. The van der Waals surface area contributed by atoms with Crippen molar-refractivity contribution in [3.05, 3.63) is 0 Å². The van der Waals surface area contributed by atoms with Crippen molar-refractivity contribution in [3.8, 4) is 0 Å². The van der Waals surface area contributed by atoms with Crippen molar-refractivity contribution in [3.63, 3.8) is 0 Å². The van der Waals surface area contributed by atoms with Crippen molar-refractivity contribution in [2.75, 3.05) is 6.61 Å². The number of carbonyl (C=O) groups excluding carboxylic acids is 1. The average molecular weight is 250 g/mol. The summed E-state index contributed by atoms with van der Waals surface area (Å²) in [4.78, 5) is 11.2. The highest BCUT2D eigenvalue weighted by molar-refractivity contribution is 5.71. The first-order valence-electron chi connectivity index (χ1n) is 5.39. The summed E-state index contributed by atoms with van der Waals surface area (Å²) in [6.07, 6.45) is -7.22. The smallest absolute Gasteiger partial charge is 0.308 e. The molecule has 0 amide bonds. The molecule has 0 aromatic carbocycles. The number of ether oxygens (including phenoxy) is 2. The van der Waals surface area contributed by atoms with Crippen LogP contribution in [0.25, 0.3) is 0 Å². The molecule has 4 N–H and O–H groups in total. The summed E-state index contributed by atoms with van der Waals surface area (Å²) in [5.41, 5.74) is 0. The Morgan fingerprint density at radius 2 is 1.76 bits per heavy atom. The highest BCUT2D eigenvalue weighted by atomic mass is 16.6. The highest BCUT2D eigenvalue weighted by Gasteiger charge is 2.43. The molecule has 0 aromatic rings. The van der Waals surface area contributed by atoms with Crippen LogP contribution >= 0.6 is 0 Å². The maximum absolute atomic E-state index is 11.2. The lowest BCUT2D eigenvalue weighted by Gasteiger charge is -2.37. The molecule has 7 nitrogen and oxygen atoms in total. The van der Waals surface area contributed by atoms with Crippen molar-refractivity contribution in [2.24, 2.45) is 5.92 Å². The van der Waals surface area contributed by atoms with E-state index in [-0.39, 0.29) is 12.5 Å². The number of rotatable bonds is 3. The van der Waals surface area contributed by atoms with Gasteiger partial charge in [0.2, 0.25) is 0 Å². The van der Waals surface area contributed by atoms with E-state index in [4.69, 9.17) is 9.47 Å². The largest absolute Gasteiger partial charge is 0.463 e. The predicted octanol–water partition coefficient (Wildman–Crippen LogP) is -2.01. The van der Waals surface area contributed by atoms with E-state index in [0.717, 1.165) is 0 Å². The van der Waals surface area contributed by atoms with E-state index in [0.29, 0.717) is 0 Å². The number of aliphatic hydroxyl groups excluding tert-OH is 4. The molecular formula is C10H18O7. The number of esters is 1. The number of hydrogen-bond donors (Lipinski definition) is 4. The summed E-state index contributed by atoms with van der Waals surface area (Å²) in [5, 5.41) is 37.4. The molecule has 0 saturated carbocycles. The van der Waals surface area contributed by atoms with Crippen molar-refractivity contribution in [1.82, 2.24) is 0 Å². The van der Waals surface area contributed by atoms with Gasteiger partial charge < -0.3 is 29.9 Å². The maximum atomic E-state index is 11.2. The van der Waals surface area contributed by atoms with Crippen molar-refractivity contribution < 1.29 is 34.7 Å². The van der Waals surface area contributed by atoms with E-state index in [2.05, 4.69) is 0 Å². The summed E-state index contributed by atoms with van der Waals surface area (Å²) >= 11 is 0. The molecular weight excluding hydrogens is 232 g/mol. The molecule has 7 heteroatoms. The van der Waals surface area contributed by atoms with Gasteiger partial charge in [0.1, 0.15) is 31.0 Å². The van der Waals surface area contributed by atoms with E-state index < -0.39 is 36.7 Å². The van der Waals surface area contributed by atoms with Gasteiger partial charge in [-0.05, 0) is 0 Å². The summed E-state index contributed by atoms with van der Waals surface area (Å²) in [7, 11) is 0. The Morgan fingerprint density at radius 3 is 2.29 bits per heavy atom. The Balaban J connectivity index is 2.51. The van der Waals surface area contributed by atoms with Crippen LogP contribution in [-0.4, -0.2) is 63.7 Å². The van der Waals surface area contributed by atoms with Crippen LogP contribution in [-0.2, 0) is 14.3 Å². The fourth-order valence-corrected chi connectivity index (χ4v) is 1.40. The van der Waals surface area contributed by atoms with Crippen molar-refractivity contribution >= 4 is 5.97 Å². The lowest BCUT2D eigenvalue weighted by molar-refractivity contribution is -0.287. The first kappa shape index (κ1) is 14.3.